The molecular weight excluding hydrogens is 260 g/mol. The molecule has 0 spiro atoms. The molecule has 2 heterocycles. The summed E-state index contributed by atoms with van der Waals surface area (Å²) in [7, 11) is 4.33. The molecule has 1 atom stereocenters. The maximum absolute atomic E-state index is 4.58. The van der Waals surface area contributed by atoms with E-state index >= 15 is 0 Å². The molecule has 1 aromatic rings. The lowest BCUT2D eigenvalue weighted by molar-refractivity contribution is 0.284. The molecule has 118 valence electrons. The van der Waals surface area contributed by atoms with Crippen LogP contribution in [0.5, 0.6) is 0 Å². The zero-order valence-electron chi connectivity index (χ0n) is 14.0. The van der Waals surface area contributed by atoms with Crippen molar-refractivity contribution < 1.29 is 0 Å². The third kappa shape index (κ3) is 4.68. The van der Waals surface area contributed by atoms with Crippen molar-refractivity contribution in [3.05, 3.63) is 23.9 Å². The van der Waals surface area contributed by atoms with Gasteiger partial charge in [0.2, 0.25) is 0 Å². The van der Waals surface area contributed by atoms with E-state index in [1.807, 2.05) is 6.20 Å². The van der Waals surface area contributed by atoms with E-state index < -0.39 is 0 Å². The van der Waals surface area contributed by atoms with Gasteiger partial charge in [0, 0.05) is 31.9 Å². The van der Waals surface area contributed by atoms with Crippen LogP contribution in [0.15, 0.2) is 18.3 Å². The number of aromatic nitrogens is 1. The molecule has 4 nitrogen and oxygen atoms in total. The van der Waals surface area contributed by atoms with E-state index in [0.717, 1.165) is 31.4 Å². The number of hydrogen-bond acceptors (Lipinski definition) is 4. The van der Waals surface area contributed by atoms with Crippen LogP contribution in [-0.2, 0) is 0 Å². The molecule has 2 rings (SSSR count). The lowest BCUT2D eigenvalue weighted by atomic mass is 9.96. The summed E-state index contributed by atoms with van der Waals surface area (Å²) in [6.07, 6.45) is 4.49. The lowest BCUT2D eigenvalue weighted by Crippen LogP contribution is -2.37. The van der Waals surface area contributed by atoms with Gasteiger partial charge in [0.15, 0.2) is 0 Å². The number of hydrogen-bond donors (Lipinski definition) is 1. The molecule has 0 saturated carbocycles. The van der Waals surface area contributed by atoms with Crippen LogP contribution in [-0.4, -0.2) is 50.2 Å². The number of nitrogens with one attached hydrogen (secondary N) is 1. The van der Waals surface area contributed by atoms with Gasteiger partial charge in [0.25, 0.3) is 0 Å². The van der Waals surface area contributed by atoms with Crippen molar-refractivity contribution >= 4 is 5.82 Å². The van der Waals surface area contributed by atoms with Gasteiger partial charge < -0.3 is 15.1 Å². The van der Waals surface area contributed by atoms with Gasteiger partial charge in [-0.3, -0.25) is 0 Å². The number of rotatable bonds is 6. The predicted octanol–water partition coefficient (Wildman–Crippen LogP) is 2.53. The minimum absolute atomic E-state index is 0.392. The zero-order chi connectivity index (χ0) is 15.2. The predicted molar refractivity (Wildman–Crippen MR) is 89.8 cm³/mol. The molecule has 1 fully saturated rings. The van der Waals surface area contributed by atoms with Gasteiger partial charge >= 0.3 is 0 Å². The molecule has 0 radical (unpaired) electrons. The fourth-order valence-corrected chi connectivity index (χ4v) is 3.16. The fraction of sp³-hybridized carbons (Fsp3) is 0.706. The van der Waals surface area contributed by atoms with Gasteiger partial charge in [0.05, 0.1) is 0 Å². The van der Waals surface area contributed by atoms with Gasteiger partial charge in [-0.1, -0.05) is 6.92 Å². The maximum Gasteiger partial charge on any atom is 0.128 e. The minimum Gasteiger partial charge on any atom is -0.357 e. The zero-order valence-corrected chi connectivity index (χ0v) is 14.0. The second-order valence-corrected chi connectivity index (χ2v) is 6.42. The molecule has 1 saturated heterocycles. The Balaban J connectivity index is 1.95. The summed E-state index contributed by atoms with van der Waals surface area (Å²) in [4.78, 5) is 9.32. The quantitative estimate of drug-likeness (QED) is 0.872. The largest absolute Gasteiger partial charge is 0.357 e. The Morgan fingerprint density at radius 1 is 1.38 bits per heavy atom. The smallest absolute Gasteiger partial charge is 0.128 e. The second-order valence-electron chi connectivity index (χ2n) is 6.42. The summed E-state index contributed by atoms with van der Waals surface area (Å²) < 4.78 is 0. The molecule has 1 aliphatic heterocycles. The Labute approximate surface area is 129 Å². The Morgan fingerprint density at radius 3 is 2.71 bits per heavy atom. The van der Waals surface area contributed by atoms with E-state index in [4.69, 9.17) is 0 Å². The lowest BCUT2D eigenvalue weighted by Gasteiger charge is -2.34. The van der Waals surface area contributed by atoms with Crippen molar-refractivity contribution in [1.82, 2.24) is 15.2 Å². The number of piperidine rings is 1. The fourth-order valence-electron chi connectivity index (χ4n) is 3.16. The van der Waals surface area contributed by atoms with E-state index in [1.165, 1.54) is 24.9 Å². The van der Waals surface area contributed by atoms with E-state index in [0.29, 0.717) is 6.04 Å². The average Bonchev–Trinajstić information content (AvgIpc) is 2.48. The van der Waals surface area contributed by atoms with Crippen LogP contribution >= 0.6 is 0 Å². The highest BCUT2D eigenvalue weighted by Crippen LogP contribution is 2.24. The number of nitrogens with zero attached hydrogens (tertiary/aromatic N) is 3. The standard InChI is InChI=1S/C17H30N4/c1-5-18-14(2)16-6-9-19-17(12-16)21-10-7-15(8-11-21)13-20(3)4/h6,9,12,14-15,18H,5,7-8,10-11,13H2,1-4H3. The minimum atomic E-state index is 0.392. The molecular formula is C17H30N4. The summed E-state index contributed by atoms with van der Waals surface area (Å²) in [5.41, 5.74) is 1.33. The molecule has 1 N–H and O–H groups in total. The molecule has 1 unspecified atom stereocenters. The highest BCUT2D eigenvalue weighted by molar-refractivity contribution is 5.42. The summed E-state index contributed by atoms with van der Waals surface area (Å²) in [5.74, 6) is 1.97. The Morgan fingerprint density at radius 2 is 2.10 bits per heavy atom. The van der Waals surface area contributed by atoms with E-state index in [-0.39, 0.29) is 0 Å². The SMILES string of the molecule is CCNC(C)c1ccnc(N2CCC(CN(C)C)CC2)c1. The molecule has 0 aliphatic carbocycles. The monoisotopic (exact) mass is 290 g/mol. The highest BCUT2D eigenvalue weighted by atomic mass is 15.2. The molecule has 1 aliphatic rings. The van der Waals surface area contributed by atoms with Crippen molar-refractivity contribution in [3.63, 3.8) is 0 Å². The normalized spacial score (nSPS) is 18.2. The first-order valence-electron chi connectivity index (χ1n) is 8.19. The molecule has 4 heteroatoms. The van der Waals surface area contributed by atoms with Crippen LogP contribution in [0.3, 0.4) is 0 Å². The first kappa shape index (κ1) is 16.2. The molecule has 0 bridgehead atoms. The van der Waals surface area contributed by atoms with Gasteiger partial charge in [-0.05, 0) is 64.0 Å². The Kier molecular flexibility index (Phi) is 6.00. The first-order valence-corrected chi connectivity index (χ1v) is 8.19. The van der Waals surface area contributed by atoms with Crippen LogP contribution < -0.4 is 10.2 Å². The Hall–Kier alpha value is -1.13. The summed E-state index contributed by atoms with van der Waals surface area (Å²) >= 11 is 0. The van der Waals surface area contributed by atoms with Crippen LogP contribution in [0.4, 0.5) is 5.82 Å². The van der Waals surface area contributed by atoms with E-state index in [1.54, 1.807) is 0 Å². The molecule has 0 amide bonds. The summed E-state index contributed by atoms with van der Waals surface area (Å²) in [5, 5.41) is 3.47. The topological polar surface area (TPSA) is 31.4 Å². The summed E-state index contributed by atoms with van der Waals surface area (Å²) in [6.45, 7) is 8.82. The van der Waals surface area contributed by atoms with Gasteiger partial charge in [-0.25, -0.2) is 4.98 Å². The van der Waals surface area contributed by atoms with E-state index in [2.05, 4.69) is 60.2 Å². The number of pyridine rings is 1. The van der Waals surface area contributed by atoms with Crippen molar-refractivity contribution in [2.45, 2.75) is 32.7 Å². The summed E-state index contributed by atoms with van der Waals surface area (Å²) in [6, 6.07) is 4.76. The van der Waals surface area contributed by atoms with Gasteiger partial charge in [-0.15, -0.1) is 0 Å². The van der Waals surface area contributed by atoms with Gasteiger partial charge in [-0.2, -0.15) is 0 Å². The highest BCUT2D eigenvalue weighted by Gasteiger charge is 2.21. The Bertz CT molecular complexity index is 425. The molecule has 0 aromatic carbocycles. The van der Waals surface area contributed by atoms with Crippen molar-refractivity contribution in [2.24, 2.45) is 5.92 Å². The van der Waals surface area contributed by atoms with Gasteiger partial charge in [0.1, 0.15) is 5.82 Å². The first-order chi connectivity index (χ1) is 10.1. The average molecular weight is 290 g/mol. The van der Waals surface area contributed by atoms with Crippen LogP contribution in [0.2, 0.25) is 0 Å². The van der Waals surface area contributed by atoms with E-state index in [9.17, 15) is 0 Å². The van der Waals surface area contributed by atoms with Crippen molar-refractivity contribution in [2.75, 3.05) is 45.2 Å². The second kappa shape index (κ2) is 7.76. The molecule has 1 aromatic heterocycles. The van der Waals surface area contributed by atoms with Crippen molar-refractivity contribution in [1.29, 1.82) is 0 Å². The van der Waals surface area contributed by atoms with Crippen LogP contribution in [0.25, 0.3) is 0 Å². The van der Waals surface area contributed by atoms with Crippen LogP contribution in [0.1, 0.15) is 38.3 Å². The third-order valence-electron chi connectivity index (χ3n) is 4.34. The molecule has 21 heavy (non-hydrogen) atoms. The number of anilines is 1. The third-order valence-corrected chi connectivity index (χ3v) is 4.34. The van der Waals surface area contributed by atoms with Crippen molar-refractivity contribution in [3.8, 4) is 0 Å². The maximum atomic E-state index is 4.58. The van der Waals surface area contributed by atoms with Crippen LogP contribution in [0, 0.1) is 5.92 Å².